The van der Waals surface area contributed by atoms with Gasteiger partial charge in [0.15, 0.2) is 0 Å². The summed E-state index contributed by atoms with van der Waals surface area (Å²) in [6, 6.07) is 4.85. The normalized spacial score (nSPS) is 13.1. The summed E-state index contributed by atoms with van der Waals surface area (Å²) in [5.74, 6) is 0. The quantitative estimate of drug-likeness (QED) is 0.515. The molecular formula is C14H7ClF6O2S. The van der Waals surface area contributed by atoms with Crippen molar-refractivity contribution in [2.45, 2.75) is 17.2 Å². The van der Waals surface area contributed by atoms with Gasteiger partial charge in [-0.15, -0.1) is 0 Å². The zero-order valence-corrected chi connectivity index (χ0v) is 13.0. The Morgan fingerprint density at radius 2 is 1.46 bits per heavy atom. The Morgan fingerprint density at radius 3 is 1.96 bits per heavy atom. The third-order valence-corrected chi connectivity index (χ3v) is 4.43. The molecule has 0 spiro atoms. The Hall–Kier alpha value is -1.74. The predicted octanol–water partition coefficient (Wildman–Crippen LogP) is 5.32. The first-order chi connectivity index (χ1) is 10.8. The van der Waals surface area contributed by atoms with Gasteiger partial charge in [0, 0.05) is 10.7 Å². The average molecular weight is 389 g/mol. The zero-order chi connectivity index (χ0) is 18.3. The first-order valence-electron chi connectivity index (χ1n) is 6.14. The van der Waals surface area contributed by atoms with Gasteiger partial charge < -0.3 is 0 Å². The van der Waals surface area contributed by atoms with Crippen molar-refractivity contribution in [3.05, 3.63) is 53.6 Å². The zero-order valence-electron chi connectivity index (χ0n) is 11.4. The van der Waals surface area contributed by atoms with Crippen molar-refractivity contribution in [3.8, 4) is 11.1 Å². The molecule has 0 amide bonds. The molecule has 2 aromatic carbocycles. The maximum Gasteiger partial charge on any atom is 0.417 e. The third kappa shape index (κ3) is 4.02. The second-order valence-electron chi connectivity index (χ2n) is 4.72. The predicted molar refractivity (Wildman–Crippen MR) is 74.9 cm³/mol. The molecule has 0 aliphatic carbocycles. The van der Waals surface area contributed by atoms with Gasteiger partial charge in [0.25, 0.3) is 9.05 Å². The van der Waals surface area contributed by atoms with Gasteiger partial charge >= 0.3 is 12.4 Å². The van der Waals surface area contributed by atoms with E-state index in [-0.39, 0.29) is 0 Å². The summed E-state index contributed by atoms with van der Waals surface area (Å²) in [4.78, 5) is -0.649. The molecule has 0 aliphatic rings. The van der Waals surface area contributed by atoms with Crippen LogP contribution in [0.2, 0.25) is 0 Å². The highest BCUT2D eigenvalue weighted by Gasteiger charge is 2.35. The lowest BCUT2D eigenvalue weighted by atomic mass is 9.97. The van der Waals surface area contributed by atoms with Gasteiger partial charge in [-0.2, -0.15) is 26.3 Å². The minimum atomic E-state index is -4.89. The molecule has 0 aromatic heterocycles. The Kier molecular flexibility index (Phi) is 4.62. The fraction of sp³-hybridized carbons (Fsp3) is 0.143. The Balaban J connectivity index is 2.76. The molecular weight excluding hydrogens is 382 g/mol. The summed E-state index contributed by atoms with van der Waals surface area (Å²) in [6.45, 7) is 0. The fourth-order valence-electron chi connectivity index (χ4n) is 2.02. The van der Waals surface area contributed by atoms with E-state index in [2.05, 4.69) is 0 Å². The van der Waals surface area contributed by atoms with Gasteiger partial charge in [-0.25, -0.2) is 8.42 Å². The monoisotopic (exact) mass is 388 g/mol. The molecule has 0 fully saturated rings. The highest BCUT2D eigenvalue weighted by atomic mass is 35.7. The van der Waals surface area contributed by atoms with Crippen LogP contribution in [-0.4, -0.2) is 8.42 Å². The molecule has 10 heteroatoms. The van der Waals surface area contributed by atoms with Crippen LogP contribution < -0.4 is 0 Å². The maximum atomic E-state index is 13.1. The molecule has 0 N–H and O–H groups in total. The van der Waals surface area contributed by atoms with E-state index in [1.165, 1.54) is 0 Å². The summed E-state index contributed by atoms with van der Waals surface area (Å²) in [5, 5.41) is 0. The summed E-state index contributed by atoms with van der Waals surface area (Å²) in [6.07, 6.45) is -9.65. The molecule has 0 radical (unpaired) electrons. The van der Waals surface area contributed by atoms with Crippen LogP contribution in [0, 0.1) is 0 Å². The molecule has 2 aromatic rings. The van der Waals surface area contributed by atoms with E-state index in [0.717, 1.165) is 12.1 Å². The maximum absolute atomic E-state index is 13.1. The smallest absolute Gasteiger partial charge is 0.207 e. The minimum absolute atomic E-state index is 0.431. The van der Waals surface area contributed by atoms with Crippen LogP contribution in [0.15, 0.2) is 47.4 Å². The van der Waals surface area contributed by atoms with Gasteiger partial charge in [-0.05, 0) is 41.5 Å². The molecule has 0 bridgehead atoms. The summed E-state index contributed by atoms with van der Waals surface area (Å²) in [7, 11) is 0.748. The van der Waals surface area contributed by atoms with Crippen LogP contribution in [0.4, 0.5) is 26.3 Å². The molecule has 0 saturated carbocycles. The Morgan fingerprint density at radius 1 is 0.833 bits per heavy atom. The van der Waals surface area contributed by atoms with Gasteiger partial charge in [-0.3, -0.25) is 0 Å². The number of hydrogen-bond donors (Lipinski definition) is 0. The second kappa shape index (κ2) is 5.96. The average Bonchev–Trinajstić information content (AvgIpc) is 2.44. The lowest BCUT2D eigenvalue weighted by Crippen LogP contribution is -2.09. The summed E-state index contributed by atoms with van der Waals surface area (Å²) in [5.41, 5.74) is -3.58. The largest absolute Gasteiger partial charge is 0.417 e. The molecule has 24 heavy (non-hydrogen) atoms. The van der Waals surface area contributed by atoms with Crippen molar-refractivity contribution in [2.75, 3.05) is 0 Å². The molecule has 2 rings (SSSR count). The molecule has 0 atom stereocenters. The molecule has 0 aliphatic heterocycles. The van der Waals surface area contributed by atoms with E-state index in [9.17, 15) is 34.8 Å². The van der Waals surface area contributed by atoms with Crippen molar-refractivity contribution in [1.82, 2.24) is 0 Å². The Bertz CT molecular complexity index is 872. The number of halogens is 7. The van der Waals surface area contributed by atoms with Crippen molar-refractivity contribution in [1.29, 1.82) is 0 Å². The first-order valence-corrected chi connectivity index (χ1v) is 8.44. The van der Waals surface area contributed by atoms with Gasteiger partial charge in [0.05, 0.1) is 16.0 Å². The lowest BCUT2D eigenvalue weighted by Gasteiger charge is -2.15. The minimum Gasteiger partial charge on any atom is -0.207 e. The summed E-state index contributed by atoms with van der Waals surface area (Å²) >= 11 is 0. The standard InChI is InChI=1S/C14H7ClF6O2S/c15-24(22,23)10-4-5-12(14(19,20)21)11(7-10)8-2-1-3-9(6-8)13(16,17)18/h1-7H. The van der Waals surface area contributed by atoms with E-state index < -0.39 is 48.6 Å². The van der Waals surface area contributed by atoms with Crippen LogP contribution in [0.5, 0.6) is 0 Å². The van der Waals surface area contributed by atoms with E-state index in [0.29, 0.717) is 30.3 Å². The fourth-order valence-corrected chi connectivity index (χ4v) is 2.80. The van der Waals surface area contributed by atoms with Crippen LogP contribution in [0.1, 0.15) is 11.1 Å². The van der Waals surface area contributed by atoms with E-state index in [4.69, 9.17) is 10.7 Å². The van der Waals surface area contributed by atoms with Crippen molar-refractivity contribution in [2.24, 2.45) is 0 Å². The summed E-state index contributed by atoms with van der Waals surface area (Å²) < 4.78 is 100. The van der Waals surface area contributed by atoms with Crippen LogP contribution in [-0.2, 0) is 21.4 Å². The molecule has 0 heterocycles. The Labute approximate surface area is 137 Å². The van der Waals surface area contributed by atoms with E-state index >= 15 is 0 Å². The van der Waals surface area contributed by atoms with E-state index in [1.807, 2.05) is 0 Å². The van der Waals surface area contributed by atoms with Crippen molar-refractivity contribution in [3.63, 3.8) is 0 Å². The van der Waals surface area contributed by atoms with Crippen LogP contribution >= 0.6 is 10.7 Å². The molecule has 2 nitrogen and oxygen atoms in total. The van der Waals surface area contributed by atoms with Gasteiger partial charge in [0.2, 0.25) is 0 Å². The molecule has 0 saturated heterocycles. The number of alkyl halides is 6. The highest BCUT2D eigenvalue weighted by molar-refractivity contribution is 8.13. The van der Waals surface area contributed by atoms with Gasteiger partial charge in [0.1, 0.15) is 0 Å². The number of benzene rings is 2. The topological polar surface area (TPSA) is 34.1 Å². The van der Waals surface area contributed by atoms with Crippen LogP contribution in [0.25, 0.3) is 11.1 Å². The molecule has 130 valence electrons. The van der Waals surface area contributed by atoms with Crippen molar-refractivity contribution < 1.29 is 34.8 Å². The van der Waals surface area contributed by atoms with Crippen LogP contribution in [0.3, 0.4) is 0 Å². The second-order valence-corrected chi connectivity index (χ2v) is 7.29. The first kappa shape index (κ1) is 18.6. The van der Waals surface area contributed by atoms with E-state index in [1.54, 1.807) is 0 Å². The SMILES string of the molecule is O=S(=O)(Cl)c1ccc(C(F)(F)F)c(-c2cccc(C(F)(F)F)c2)c1. The highest BCUT2D eigenvalue weighted by Crippen LogP contribution is 2.40. The lowest BCUT2D eigenvalue weighted by molar-refractivity contribution is -0.137. The molecule has 0 unspecified atom stereocenters. The van der Waals surface area contributed by atoms with Gasteiger partial charge in [-0.1, -0.05) is 12.1 Å². The third-order valence-electron chi connectivity index (χ3n) is 3.08. The number of hydrogen-bond acceptors (Lipinski definition) is 2. The number of rotatable bonds is 2. The van der Waals surface area contributed by atoms with Crippen molar-refractivity contribution >= 4 is 19.7 Å².